The highest BCUT2D eigenvalue weighted by atomic mass is 16.7. The quantitative estimate of drug-likeness (QED) is 0.0204. The average Bonchev–Trinajstić information content (AvgIpc) is 1.58. The molecule has 0 bridgehead atoms. The van der Waals surface area contributed by atoms with Crippen molar-refractivity contribution in [1.29, 1.82) is 0 Å². The number of hydrogen-bond donors (Lipinski definition) is 9. The smallest absolute Gasteiger partial charge is 0.220 e. The van der Waals surface area contributed by atoms with Crippen molar-refractivity contribution < 1.29 is 64.6 Å². The number of rotatable bonds is 63. The van der Waals surface area contributed by atoms with Gasteiger partial charge in [0.25, 0.3) is 0 Å². The van der Waals surface area contributed by atoms with Gasteiger partial charge in [0.2, 0.25) is 5.91 Å². The number of aliphatic hydroxyl groups excluding tert-OH is 8. The highest BCUT2D eigenvalue weighted by molar-refractivity contribution is 5.76. The van der Waals surface area contributed by atoms with E-state index in [1.807, 2.05) is 6.08 Å². The molecule has 528 valence electrons. The number of ether oxygens (including phenoxy) is 4. The molecule has 0 aromatic rings. The second-order valence-corrected chi connectivity index (χ2v) is 26.8. The summed E-state index contributed by atoms with van der Waals surface area (Å²) in [5.41, 5.74) is 0. The number of carbonyl (C=O) groups excluding carboxylic acids is 1. The molecule has 14 nitrogen and oxygen atoms in total. The van der Waals surface area contributed by atoms with Crippen LogP contribution < -0.4 is 5.32 Å². The van der Waals surface area contributed by atoms with Gasteiger partial charge in [-0.2, -0.15) is 0 Å². The molecule has 12 atom stereocenters. The summed E-state index contributed by atoms with van der Waals surface area (Å²) >= 11 is 0. The summed E-state index contributed by atoms with van der Waals surface area (Å²) in [5.74, 6) is -0.248. The van der Waals surface area contributed by atoms with E-state index in [2.05, 4.69) is 55.6 Å². The van der Waals surface area contributed by atoms with Gasteiger partial charge in [-0.1, -0.05) is 306 Å². The van der Waals surface area contributed by atoms with Gasteiger partial charge in [-0.15, -0.1) is 0 Å². The van der Waals surface area contributed by atoms with Crippen LogP contribution in [0.3, 0.4) is 0 Å². The van der Waals surface area contributed by atoms with E-state index >= 15 is 0 Å². The Morgan fingerprint density at radius 1 is 0.389 bits per heavy atom. The molecule has 9 N–H and O–H groups in total. The molecule has 0 radical (unpaired) electrons. The molecule has 0 aromatic heterocycles. The zero-order valence-electron chi connectivity index (χ0n) is 57.6. The van der Waals surface area contributed by atoms with Crippen molar-refractivity contribution in [3.8, 4) is 0 Å². The standard InChI is InChI=1S/C76H141NO13/c1-3-5-7-9-11-13-15-17-19-21-23-24-25-26-27-28-29-30-31-32-33-34-35-36-37-38-39-40-42-44-46-48-50-52-54-56-58-60-68(81)77-64(65(80)59-57-55-53-51-49-47-45-43-41-22-20-18-16-14-12-10-8-6-4-2)63-87-75-73(86)71(84)74(67(62-79)89-75)90-76-72(85)70(83)69(82)66(61-78)88-76/h21,23,41,43,49,51,57,59,64-67,69-76,78-80,82-86H,3-20,22,24-40,42,44-48,50,52-56,58,60-63H2,1-2H3,(H,77,81)/b23-21-,43-41+,51-49+,59-57+. The maximum Gasteiger partial charge on any atom is 0.220 e. The lowest BCUT2D eigenvalue weighted by molar-refractivity contribution is -0.359. The highest BCUT2D eigenvalue weighted by Crippen LogP contribution is 2.30. The molecule has 0 saturated carbocycles. The maximum atomic E-state index is 13.3. The number of hydrogen-bond acceptors (Lipinski definition) is 13. The molecular formula is C76H141NO13. The minimum atomic E-state index is -1.79. The van der Waals surface area contributed by atoms with Crippen LogP contribution in [0, 0.1) is 0 Å². The van der Waals surface area contributed by atoms with Crippen molar-refractivity contribution in [2.45, 2.75) is 408 Å². The SMILES string of the molecule is CCCCCCCCCC/C=C\CCCCCCCCCCCCCCCCCCCCCCCCCCCC(=O)NC(COC1OC(CO)C(OC2OC(CO)C(O)C(O)C2O)C(O)C1O)C(O)/C=C/CC/C=C/CC/C=C/CCCCCCCCCCC. The fourth-order valence-corrected chi connectivity index (χ4v) is 12.4. The largest absolute Gasteiger partial charge is 0.394 e. The van der Waals surface area contributed by atoms with Crippen LogP contribution in [-0.4, -0.2) is 140 Å². The van der Waals surface area contributed by atoms with Crippen LogP contribution in [0.15, 0.2) is 48.6 Å². The number of nitrogens with one attached hydrogen (secondary N) is 1. The van der Waals surface area contributed by atoms with Crippen molar-refractivity contribution in [2.75, 3.05) is 19.8 Å². The summed E-state index contributed by atoms with van der Waals surface area (Å²) in [5, 5.41) is 87.4. The van der Waals surface area contributed by atoms with Gasteiger partial charge < -0.3 is 65.1 Å². The van der Waals surface area contributed by atoms with E-state index in [0.717, 1.165) is 44.9 Å². The third-order valence-electron chi connectivity index (χ3n) is 18.5. The predicted molar refractivity (Wildman–Crippen MR) is 369 cm³/mol. The Labute approximate surface area is 550 Å². The summed E-state index contributed by atoms with van der Waals surface area (Å²) in [7, 11) is 0. The van der Waals surface area contributed by atoms with Gasteiger partial charge in [0.05, 0.1) is 32.0 Å². The lowest BCUT2D eigenvalue weighted by Gasteiger charge is -2.46. The molecule has 2 rings (SSSR count). The van der Waals surface area contributed by atoms with Crippen LogP contribution in [0.5, 0.6) is 0 Å². The lowest BCUT2D eigenvalue weighted by Crippen LogP contribution is -2.65. The molecule has 14 heteroatoms. The third kappa shape index (κ3) is 43.8. The number of unbranched alkanes of at least 4 members (excludes halogenated alkanes) is 44. The Hall–Kier alpha value is -2.05. The number of carbonyl (C=O) groups is 1. The van der Waals surface area contributed by atoms with Crippen LogP contribution in [-0.2, 0) is 23.7 Å². The van der Waals surface area contributed by atoms with E-state index in [1.165, 1.54) is 257 Å². The van der Waals surface area contributed by atoms with E-state index in [4.69, 9.17) is 18.9 Å². The third-order valence-corrected chi connectivity index (χ3v) is 18.5. The van der Waals surface area contributed by atoms with E-state index in [9.17, 15) is 45.6 Å². The van der Waals surface area contributed by atoms with Crippen LogP contribution in [0.25, 0.3) is 0 Å². The molecular weight excluding hydrogens is 1130 g/mol. The summed E-state index contributed by atoms with van der Waals surface area (Å²) in [4.78, 5) is 13.3. The van der Waals surface area contributed by atoms with Crippen molar-refractivity contribution in [3.63, 3.8) is 0 Å². The molecule has 0 aliphatic carbocycles. The summed E-state index contributed by atoms with van der Waals surface area (Å²) < 4.78 is 22.8. The van der Waals surface area contributed by atoms with Gasteiger partial charge in [0, 0.05) is 6.42 Å². The average molecular weight is 1280 g/mol. The summed E-state index contributed by atoms with van der Waals surface area (Å²) in [6.45, 7) is 2.81. The van der Waals surface area contributed by atoms with Gasteiger partial charge in [-0.3, -0.25) is 4.79 Å². The predicted octanol–water partition coefficient (Wildman–Crippen LogP) is 16.2. The van der Waals surface area contributed by atoms with E-state index in [1.54, 1.807) is 6.08 Å². The fourth-order valence-electron chi connectivity index (χ4n) is 12.4. The first-order chi connectivity index (χ1) is 44.1. The number of aliphatic hydroxyl groups is 8. The van der Waals surface area contributed by atoms with E-state index in [0.29, 0.717) is 12.8 Å². The van der Waals surface area contributed by atoms with Crippen molar-refractivity contribution >= 4 is 5.91 Å². The number of amides is 1. The van der Waals surface area contributed by atoms with Crippen molar-refractivity contribution in [2.24, 2.45) is 0 Å². The van der Waals surface area contributed by atoms with Gasteiger partial charge in [-0.25, -0.2) is 0 Å². The molecule has 0 spiro atoms. The van der Waals surface area contributed by atoms with Crippen LogP contribution in [0.1, 0.15) is 335 Å². The molecule has 2 saturated heterocycles. The molecule has 2 aliphatic rings. The first kappa shape index (κ1) is 84.0. The molecule has 1 amide bonds. The van der Waals surface area contributed by atoms with Crippen molar-refractivity contribution in [3.05, 3.63) is 48.6 Å². The zero-order valence-corrected chi connectivity index (χ0v) is 57.6. The summed E-state index contributed by atoms with van der Waals surface area (Å²) in [6, 6.07) is -0.938. The second kappa shape index (κ2) is 60.6. The molecule has 2 aliphatic heterocycles. The minimum Gasteiger partial charge on any atom is -0.394 e. The van der Waals surface area contributed by atoms with Crippen LogP contribution >= 0.6 is 0 Å². The lowest BCUT2D eigenvalue weighted by atomic mass is 9.97. The summed E-state index contributed by atoms with van der Waals surface area (Å²) in [6.07, 6.45) is 63.4. The fraction of sp³-hybridized carbons (Fsp3) is 0.882. The van der Waals surface area contributed by atoms with Crippen LogP contribution in [0.4, 0.5) is 0 Å². The van der Waals surface area contributed by atoms with Gasteiger partial charge in [0.1, 0.15) is 48.8 Å². The maximum absolute atomic E-state index is 13.3. The van der Waals surface area contributed by atoms with Crippen LogP contribution in [0.2, 0.25) is 0 Å². The minimum absolute atomic E-state index is 0.248. The molecule has 90 heavy (non-hydrogen) atoms. The molecule has 2 fully saturated rings. The van der Waals surface area contributed by atoms with Gasteiger partial charge in [-0.05, 0) is 70.6 Å². The topological polar surface area (TPSA) is 228 Å². The Kier molecular flexibility index (Phi) is 56.6. The zero-order chi connectivity index (χ0) is 65.2. The van der Waals surface area contributed by atoms with E-state index < -0.39 is 86.8 Å². The van der Waals surface area contributed by atoms with Gasteiger partial charge >= 0.3 is 0 Å². The highest BCUT2D eigenvalue weighted by Gasteiger charge is 2.51. The number of allylic oxidation sites excluding steroid dienone is 7. The normalized spacial score (nSPS) is 23.1. The van der Waals surface area contributed by atoms with Crippen molar-refractivity contribution in [1.82, 2.24) is 5.32 Å². The Morgan fingerprint density at radius 2 is 0.711 bits per heavy atom. The Bertz CT molecular complexity index is 1690. The molecule has 0 aromatic carbocycles. The first-order valence-electron chi connectivity index (χ1n) is 37.9. The Morgan fingerprint density at radius 3 is 1.09 bits per heavy atom. The monoisotopic (exact) mass is 1280 g/mol. The first-order valence-corrected chi connectivity index (χ1v) is 37.9. The second-order valence-electron chi connectivity index (χ2n) is 26.8. The molecule has 2 heterocycles. The Balaban J connectivity index is 1.60. The van der Waals surface area contributed by atoms with E-state index in [-0.39, 0.29) is 18.9 Å². The molecule has 12 unspecified atom stereocenters. The van der Waals surface area contributed by atoms with Gasteiger partial charge in [0.15, 0.2) is 12.6 Å².